The highest BCUT2D eigenvalue weighted by atomic mass is 15.1. The summed E-state index contributed by atoms with van der Waals surface area (Å²) in [4.78, 5) is 2.19. The van der Waals surface area contributed by atoms with E-state index in [2.05, 4.69) is 38.8 Å². The van der Waals surface area contributed by atoms with Gasteiger partial charge in [-0.25, -0.2) is 0 Å². The van der Waals surface area contributed by atoms with E-state index in [0.29, 0.717) is 23.2 Å². The van der Waals surface area contributed by atoms with Crippen LogP contribution in [-0.2, 0) is 0 Å². The third-order valence-corrected chi connectivity index (χ3v) is 3.04. The number of benzene rings is 1. The Balaban J connectivity index is 2.89. The quantitative estimate of drug-likeness (QED) is 0.810. The number of nitrogens with zero attached hydrogens (tertiary/aromatic N) is 2. The van der Waals surface area contributed by atoms with Crippen molar-refractivity contribution >= 4 is 11.4 Å². The van der Waals surface area contributed by atoms with Crippen LogP contribution in [0.3, 0.4) is 0 Å². The lowest BCUT2D eigenvalue weighted by Gasteiger charge is -2.28. The minimum absolute atomic E-state index is 0.449. The van der Waals surface area contributed by atoms with Crippen LogP contribution < -0.4 is 10.6 Å². The molecule has 0 aliphatic rings. The molecule has 0 fully saturated rings. The highest BCUT2D eigenvalue weighted by Gasteiger charge is 2.12. The van der Waals surface area contributed by atoms with Crippen molar-refractivity contribution in [3.63, 3.8) is 0 Å². The number of hydrogen-bond acceptors (Lipinski definition) is 3. The molecule has 0 aliphatic carbocycles. The maximum absolute atomic E-state index is 8.96. The lowest BCUT2D eigenvalue weighted by atomic mass is 10.0. The minimum atomic E-state index is 0.449. The Morgan fingerprint density at radius 3 is 2.53 bits per heavy atom. The van der Waals surface area contributed by atoms with Crippen LogP contribution in [0.5, 0.6) is 0 Å². The second-order valence-corrected chi connectivity index (χ2v) is 4.97. The van der Waals surface area contributed by atoms with Gasteiger partial charge >= 0.3 is 0 Å². The largest absolute Gasteiger partial charge is 0.398 e. The number of rotatable bonds is 4. The first kappa shape index (κ1) is 13.4. The number of nitriles is 1. The summed E-state index contributed by atoms with van der Waals surface area (Å²) >= 11 is 0. The molecule has 0 amide bonds. The Kier molecular flexibility index (Phi) is 4.39. The topological polar surface area (TPSA) is 53.0 Å². The van der Waals surface area contributed by atoms with Crippen LogP contribution in [0, 0.1) is 17.2 Å². The van der Waals surface area contributed by atoms with Crippen LogP contribution in [-0.4, -0.2) is 13.1 Å². The molecule has 0 spiro atoms. The smallest absolute Gasteiger partial charge is 0.101 e. The molecular formula is C14H21N3. The predicted octanol–water partition coefficient (Wildman–Crippen LogP) is 3.01. The van der Waals surface area contributed by atoms with Gasteiger partial charge in [0, 0.05) is 24.5 Å². The first-order chi connectivity index (χ1) is 7.95. The highest BCUT2D eigenvalue weighted by molar-refractivity contribution is 5.62. The normalized spacial score (nSPS) is 12.2. The van der Waals surface area contributed by atoms with Gasteiger partial charge in [-0.15, -0.1) is 0 Å². The van der Waals surface area contributed by atoms with Gasteiger partial charge in [0.05, 0.1) is 5.56 Å². The first-order valence-corrected chi connectivity index (χ1v) is 5.98. The summed E-state index contributed by atoms with van der Waals surface area (Å²) < 4.78 is 0. The molecule has 3 nitrogen and oxygen atoms in total. The van der Waals surface area contributed by atoms with Gasteiger partial charge in [0.15, 0.2) is 0 Å². The van der Waals surface area contributed by atoms with E-state index in [9.17, 15) is 0 Å². The monoisotopic (exact) mass is 231 g/mol. The number of hydrogen-bond donors (Lipinski definition) is 1. The Labute approximate surface area is 104 Å². The van der Waals surface area contributed by atoms with Gasteiger partial charge < -0.3 is 10.6 Å². The maximum Gasteiger partial charge on any atom is 0.101 e. The van der Waals surface area contributed by atoms with Gasteiger partial charge in [-0.2, -0.15) is 5.26 Å². The Morgan fingerprint density at radius 1 is 1.35 bits per heavy atom. The second kappa shape index (κ2) is 5.58. The molecule has 0 saturated carbocycles. The number of nitrogen functional groups attached to an aromatic ring is 1. The van der Waals surface area contributed by atoms with E-state index in [1.54, 1.807) is 6.07 Å². The summed E-state index contributed by atoms with van der Waals surface area (Å²) in [6.45, 7) is 6.63. The standard InChI is InChI=1S/C14H21N3/c1-10(2)7-11(3)17(4)13-5-6-14(16)12(8-13)9-15/h5-6,8,10-11H,7,16H2,1-4H3. The first-order valence-electron chi connectivity index (χ1n) is 5.98. The zero-order chi connectivity index (χ0) is 13.0. The van der Waals surface area contributed by atoms with Crippen LogP contribution in [0.2, 0.25) is 0 Å². The fraction of sp³-hybridized carbons (Fsp3) is 0.500. The average Bonchev–Trinajstić information content (AvgIpc) is 2.27. The van der Waals surface area contributed by atoms with Crippen molar-refractivity contribution in [1.82, 2.24) is 0 Å². The molecule has 1 atom stereocenters. The SMILES string of the molecule is CC(C)CC(C)N(C)c1ccc(N)c(C#N)c1. The number of nitrogens with two attached hydrogens (primary N) is 1. The van der Waals surface area contributed by atoms with E-state index >= 15 is 0 Å². The molecule has 1 aromatic rings. The van der Waals surface area contributed by atoms with E-state index in [1.165, 1.54) is 0 Å². The molecule has 17 heavy (non-hydrogen) atoms. The van der Waals surface area contributed by atoms with Gasteiger partial charge in [-0.3, -0.25) is 0 Å². The lowest BCUT2D eigenvalue weighted by Crippen LogP contribution is -2.30. The maximum atomic E-state index is 8.96. The lowest BCUT2D eigenvalue weighted by molar-refractivity contribution is 0.504. The third kappa shape index (κ3) is 3.39. The van der Waals surface area contributed by atoms with Gasteiger partial charge in [0.1, 0.15) is 6.07 Å². The van der Waals surface area contributed by atoms with Crippen molar-refractivity contribution in [2.45, 2.75) is 33.2 Å². The molecule has 1 aromatic carbocycles. The Hall–Kier alpha value is -1.69. The van der Waals surface area contributed by atoms with Crippen molar-refractivity contribution in [1.29, 1.82) is 5.26 Å². The van der Waals surface area contributed by atoms with Crippen LogP contribution in [0.4, 0.5) is 11.4 Å². The van der Waals surface area contributed by atoms with Crippen LogP contribution in [0.15, 0.2) is 18.2 Å². The summed E-state index contributed by atoms with van der Waals surface area (Å²) in [6, 6.07) is 8.18. The highest BCUT2D eigenvalue weighted by Crippen LogP contribution is 2.23. The molecule has 0 aliphatic heterocycles. The van der Waals surface area contributed by atoms with Crippen molar-refractivity contribution in [3.05, 3.63) is 23.8 Å². The molecule has 0 bridgehead atoms. The molecule has 2 N–H and O–H groups in total. The summed E-state index contributed by atoms with van der Waals surface area (Å²) in [5, 5.41) is 8.96. The van der Waals surface area contributed by atoms with Crippen molar-refractivity contribution in [2.24, 2.45) is 5.92 Å². The second-order valence-electron chi connectivity index (χ2n) is 4.97. The molecule has 0 aromatic heterocycles. The van der Waals surface area contributed by atoms with Crippen molar-refractivity contribution < 1.29 is 0 Å². The fourth-order valence-electron chi connectivity index (χ4n) is 1.96. The summed E-state index contributed by atoms with van der Waals surface area (Å²) in [5.74, 6) is 0.664. The van der Waals surface area contributed by atoms with Gasteiger partial charge in [0.25, 0.3) is 0 Å². The fourth-order valence-corrected chi connectivity index (χ4v) is 1.96. The van der Waals surface area contributed by atoms with E-state index in [-0.39, 0.29) is 0 Å². The summed E-state index contributed by atoms with van der Waals surface area (Å²) in [5.41, 5.74) is 7.85. The van der Waals surface area contributed by atoms with E-state index in [0.717, 1.165) is 12.1 Å². The molecule has 1 rings (SSSR count). The predicted molar refractivity (Wildman–Crippen MR) is 72.9 cm³/mol. The minimum Gasteiger partial charge on any atom is -0.398 e. The molecule has 0 saturated heterocycles. The Bertz CT molecular complexity index is 418. The summed E-state index contributed by atoms with van der Waals surface area (Å²) in [6.07, 6.45) is 1.13. The zero-order valence-corrected chi connectivity index (χ0v) is 11.1. The van der Waals surface area contributed by atoms with Gasteiger partial charge in [-0.1, -0.05) is 13.8 Å². The molecular weight excluding hydrogens is 210 g/mol. The number of anilines is 2. The molecule has 1 unspecified atom stereocenters. The summed E-state index contributed by atoms with van der Waals surface area (Å²) in [7, 11) is 2.06. The van der Waals surface area contributed by atoms with Gasteiger partial charge in [-0.05, 0) is 37.5 Å². The van der Waals surface area contributed by atoms with E-state index in [1.807, 2.05) is 12.1 Å². The molecule has 3 heteroatoms. The van der Waals surface area contributed by atoms with E-state index in [4.69, 9.17) is 11.0 Å². The Morgan fingerprint density at radius 2 is 2.00 bits per heavy atom. The zero-order valence-electron chi connectivity index (χ0n) is 11.1. The van der Waals surface area contributed by atoms with Crippen LogP contribution in [0.25, 0.3) is 0 Å². The molecule has 92 valence electrons. The van der Waals surface area contributed by atoms with Crippen LogP contribution >= 0.6 is 0 Å². The average molecular weight is 231 g/mol. The molecule has 0 radical (unpaired) electrons. The van der Waals surface area contributed by atoms with Gasteiger partial charge in [0.2, 0.25) is 0 Å². The van der Waals surface area contributed by atoms with Crippen molar-refractivity contribution in [2.75, 3.05) is 17.7 Å². The third-order valence-electron chi connectivity index (χ3n) is 3.04. The molecule has 0 heterocycles. The van der Waals surface area contributed by atoms with Crippen LogP contribution in [0.1, 0.15) is 32.8 Å². The van der Waals surface area contributed by atoms with E-state index < -0.39 is 0 Å². The van der Waals surface area contributed by atoms with Crippen molar-refractivity contribution in [3.8, 4) is 6.07 Å².